The molecule has 1 heterocycles. The summed E-state index contributed by atoms with van der Waals surface area (Å²) < 4.78 is 5.58. The summed E-state index contributed by atoms with van der Waals surface area (Å²) in [6.07, 6.45) is 8.25. The summed E-state index contributed by atoms with van der Waals surface area (Å²) in [4.78, 5) is 8.21. The number of aromatic nitrogens is 1. The van der Waals surface area contributed by atoms with Crippen LogP contribution in [0, 0.1) is 0 Å². The van der Waals surface area contributed by atoms with E-state index in [0.717, 1.165) is 11.5 Å². The highest BCUT2D eigenvalue weighted by atomic mass is 16.4. The van der Waals surface area contributed by atoms with E-state index >= 15 is 0 Å². The summed E-state index contributed by atoms with van der Waals surface area (Å²) in [5, 5.41) is 0. The number of hydrogen-bond acceptors (Lipinski definition) is 3. The van der Waals surface area contributed by atoms with Gasteiger partial charge in [-0.1, -0.05) is 39.2 Å². The molecule has 1 aromatic heterocycles. The third-order valence-electron chi connectivity index (χ3n) is 1.93. The zero-order chi connectivity index (χ0) is 12.0. The van der Waals surface area contributed by atoms with Crippen molar-refractivity contribution in [1.29, 1.82) is 0 Å². The fraction of sp³-hybridized carbons (Fsp3) is 0.231. The van der Waals surface area contributed by atoms with Gasteiger partial charge in [-0.25, -0.2) is 4.98 Å². The van der Waals surface area contributed by atoms with Crippen LogP contribution < -0.4 is 0 Å². The van der Waals surface area contributed by atoms with E-state index in [9.17, 15) is 0 Å². The van der Waals surface area contributed by atoms with Crippen LogP contribution in [-0.2, 0) is 0 Å². The number of hydrogen-bond donors (Lipinski definition) is 0. The molecule has 0 aromatic carbocycles. The second-order valence-electron chi connectivity index (χ2n) is 3.54. The first-order chi connectivity index (χ1) is 7.69. The molecule has 0 bridgehead atoms. The summed E-state index contributed by atoms with van der Waals surface area (Å²) in [6, 6.07) is 0. The fourth-order valence-electron chi connectivity index (χ4n) is 1.09. The second kappa shape index (κ2) is 5.85. The fourth-order valence-corrected chi connectivity index (χ4v) is 1.09. The normalized spacial score (nSPS) is 12.3. The number of allylic oxidation sites excluding steroid dienone is 3. The Morgan fingerprint density at radius 3 is 2.75 bits per heavy atom. The SMILES string of the molecule is C=CC=N/C=C(\C=C)c1cnc(C(C)C)o1. The maximum absolute atomic E-state index is 5.58. The van der Waals surface area contributed by atoms with Gasteiger partial charge in [0.2, 0.25) is 0 Å². The zero-order valence-electron chi connectivity index (χ0n) is 9.68. The minimum absolute atomic E-state index is 0.275. The van der Waals surface area contributed by atoms with Crippen LogP contribution in [0.25, 0.3) is 5.57 Å². The molecule has 1 rings (SSSR count). The van der Waals surface area contributed by atoms with Gasteiger partial charge in [0.25, 0.3) is 0 Å². The highest BCUT2D eigenvalue weighted by Gasteiger charge is 2.09. The Kier molecular flexibility index (Phi) is 4.45. The van der Waals surface area contributed by atoms with E-state index in [1.807, 2.05) is 13.8 Å². The van der Waals surface area contributed by atoms with Crippen LogP contribution in [0.4, 0.5) is 0 Å². The van der Waals surface area contributed by atoms with Crippen LogP contribution in [0.15, 0.2) is 47.1 Å². The minimum Gasteiger partial charge on any atom is -0.440 e. The summed E-state index contributed by atoms with van der Waals surface area (Å²) in [5.41, 5.74) is 0.803. The molecule has 0 atom stereocenters. The van der Waals surface area contributed by atoms with Crippen LogP contribution in [0.3, 0.4) is 0 Å². The molecule has 16 heavy (non-hydrogen) atoms. The van der Waals surface area contributed by atoms with Gasteiger partial charge in [-0.05, 0) is 0 Å². The van der Waals surface area contributed by atoms with E-state index in [-0.39, 0.29) is 5.92 Å². The quantitative estimate of drug-likeness (QED) is 0.557. The van der Waals surface area contributed by atoms with Crippen molar-refractivity contribution in [3.05, 3.63) is 49.4 Å². The minimum atomic E-state index is 0.275. The van der Waals surface area contributed by atoms with Crippen LogP contribution in [0.5, 0.6) is 0 Å². The van der Waals surface area contributed by atoms with Crippen molar-refractivity contribution in [2.24, 2.45) is 4.99 Å². The van der Waals surface area contributed by atoms with E-state index in [0.29, 0.717) is 5.76 Å². The molecular weight excluding hydrogens is 200 g/mol. The zero-order valence-corrected chi connectivity index (χ0v) is 9.68. The van der Waals surface area contributed by atoms with Crippen molar-refractivity contribution in [3.63, 3.8) is 0 Å². The molecule has 84 valence electrons. The second-order valence-corrected chi connectivity index (χ2v) is 3.54. The van der Waals surface area contributed by atoms with E-state index in [4.69, 9.17) is 4.42 Å². The Balaban J connectivity index is 2.95. The number of rotatable bonds is 5. The highest BCUT2D eigenvalue weighted by Crippen LogP contribution is 2.20. The van der Waals surface area contributed by atoms with Gasteiger partial charge in [0.1, 0.15) is 0 Å². The molecule has 0 fully saturated rings. The molecule has 1 aromatic rings. The van der Waals surface area contributed by atoms with Crippen molar-refractivity contribution < 1.29 is 4.42 Å². The van der Waals surface area contributed by atoms with Gasteiger partial charge < -0.3 is 4.42 Å². The van der Waals surface area contributed by atoms with Crippen LogP contribution in [-0.4, -0.2) is 11.2 Å². The van der Waals surface area contributed by atoms with E-state index in [1.165, 1.54) is 0 Å². The Morgan fingerprint density at radius 1 is 1.50 bits per heavy atom. The van der Waals surface area contributed by atoms with Crippen molar-refractivity contribution in [2.75, 3.05) is 0 Å². The first-order valence-corrected chi connectivity index (χ1v) is 5.12. The molecule has 0 aliphatic carbocycles. The van der Waals surface area contributed by atoms with E-state index in [2.05, 4.69) is 23.1 Å². The Labute approximate surface area is 95.9 Å². The summed E-state index contributed by atoms with van der Waals surface area (Å²) >= 11 is 0. The molecule has 0 N–H and O–H groups in total. The third kappa shape index (κ3) is 3.05. The molecule has 0 unspecified atom stereocenters. The molecule has 0 radical (unpaired) electrons. The van der Waals surface area contributed by atoms with Gasteiger partial charge in [0, 0.05) is 23.9 Å². The first-order valence-electron chi connectivity index (χ1n) is 5.12. The van der Waals surface area contributed by atoms with Gasteiger partial charge in [-0.15, -0.1) is 0 Å². The van der Waals surface area contributed by atoms with Gasteiger partial charge >= 0.3 is 0 Å². The predicted molar refractivity (Wildman–Crippen MR) is 67.5 cm³/mol. The van der Waals surface area contributed by atoms with Crippen LogP contribution >= 0.6 is 0 Å². The molecule has 0 aliphatic heterocycles. The molecule has 3 nitrogen and oxygen atoms in total. The molecule has 0 saturated carbocycles. The lowest BCUT2D eigenvalue weighted by molar-refractivity contribution is 0.463. The summed E-state index contributed by atoms with van der Waals surface area (Å²) in [7, 11) is 0. The number of oxazole rings is 1. The lowest BCUT2D eigenvalue weighted by Gasteiger charge is -1.97. The third-order valence-corrected chi connectivity index (χ3v) is 1.93. The van der Waals surface area contributed by atoms with E-state index < -0.39 is 0 Å². The van der Waals surface area contributed by atoms with Gasteiger partial charge in [0.15, 0.2) is 11.7 Å². The largest absolute Gasteiger partial charge is 0.440 e. The maximum atomic E-state index is 5.58. The smallest absolute Gasteiger partial charge is 0.197 e. The average Bonchev–Trinajstić information content (AvgIpc) is 2.74. The lowest BCUT2D eigenvalue weighted by atomic mass is 10.2. The van der Waals surface area contributed by atoms with Crippen molar-refractivity contribution in [1.82, 2.24) is 4.98 Å². The molecular formula is C13H16N2O. The molecule has 0 spiro atoms. The number of aliphatic imine (C=N–C) groups is 1. The highest BCUT2D eigenvalue weighted by molar-refractivity contribution is 5.74. The molecule has 3 heteroatoms. The summed E-state index contributed by atoms with van der Waals surface area (Å²) in [6.45, 7) is 11.3. The van der Waals surface area contributed by atoms with Crippen LogP contribution in [0.1, 0.15) is 31.4 Å². The van der Waals surface area contributed by atoms with Crippen molar-refractivity contribution in [3.8, 4) is 0 Å². The summed E-state index contributed by atoms with van der Waals surface area (Å²) in [5.74, 6) is 1.67. The van der Waals surface area contributed by atoms with Gasteiger partial charge in [-0.2, -0.15) is 0 Å². The van der Waals surface area contributed by atoms with E-state index in [1.54, 1.807) is 30.8 Å². The molecule has 0 saturated heterocycles. The molecule has 0 aliphatic rings. The topological polar surface area (TPSA) is 38.4 Å². The molecule has 0 amide bonds. The first kappa shape index (κ1) is 12.2. The predicted octanol–water partition coefficient (Wildman–Crippen LogP) is 3.58. The Morgan fingerprint density at radius 2 is 2.25 bits per heavy atom. The van der Waals surface area contributed by atoms with Gasteiger partial charge in [0.05, 0.1) is 6.20 Å². The van der Waals surface area contributed by atoms with Crippen molar-refractivity contribution in [2.45, 2.75) is 19.8 Å². The maximum Gasteiger partial charge on any atom is 0.197 e. The van der Waals surface area contributed by atoms with Crippen LogP contribution in [0.2, 0.25) is 0 Å². The van der Waals surface area contributed by atoms with Crippen molar-refractivity contribution >= 4 is 11.8 Å². The number of nitrogens with zero attached hydrogens (tertiary/aromatic N) is 2. The Hall–Kier alpha value is -1.90. The lowest BCUT2D eigenvalue weighted by Crippen LogP contribution is -1.84. The van der Waals surface area contributed by atoms with Gasteiger partial charge in [-0.3, -0.25) is 4.99 Å². The Bertz CT molecular complexity index is 425. The average molecular weight is 216 g/mol. The standard InChI is InChI=1S/C13H16N2O/c1-5-7-14-8-11(6-2)12-9-15-13(16-12)10(3)4/h5-10H,1-2H2,3-4H3/b11-8+,14-7?. The monoisotopic (exact) mass is 216 g/mol.